The Labute approximate surface area is 105 Å². The van der Waals surface area contributed by atoms with Gasteiger partial charge < -0.3 is 4.52 Å². The van der Waals surface area contributed by atoms with Crippen LogP contribution in [-0.2, 0) is 9.09 Å². The van der Waals surface area contributed by atoms with Crippen LogP contribution in [0.3, 0.4) is 0 Å². The third kappa shape index (κ3) is 6.05. The van der Waals surface area contributed by atoms with Gasteiger partial charge in [0.25, 0.3) is 0 Å². The monoisotopic (exact) mass is 254 g/mol. The molecular weight excluding hydrogens is 231 g/mol. The van der Waals surface area contributed by atoms with Gasteiger partial charge in [0, 0.05) is 5.30 Å². The molecule has 0 aliphatic rings. The molecule has 3 heteroatoms. The van der Waals surface area contributed by atoms with Gasteiger partial charge in [0.05, 0.1) is 6.10 Å². The lowest BCUT2D eigenvalue weighted by Gasteiger charge is -2.12. The molecule has 2 nitrogen and oxygen atoms in total. The van der Waals surface area contributed by atoms with Gasteiger partial charge in [-0.25, -0.2) is 0 Å². The van der Waals surface area contributed by atoms with Gasteiger partial charge in [-0.1, -0.05) is 50.8 Å². The van der Waals surface area contributed by atoms with Crippen molar-refractivity contribution in [1.29, 1.82) is 0 Å². The third-order valence-corrected chi connectivity index (χ3v) is 4.20. The summed E-state index contributed by atoms with van der Waals surface area (Å²) in [6, 6.07) is 9.45. The van der Waals surface area contributed by atoms with Crippen LogP contribution in [0, 0.1) is 0 Å². The molecule has 96 valence electrons. The molecular formula is C14H23O2P. The van der Waals surface area contributed by atoms with E-state index in [0.29, 0.717) is 0 Å². The van der Waals surface area contributed by atoms with Crippen LogP contribution in [0.4, 0.5) is 0 Å². The van der Waals surface area contributed by atoms with E-state index in [0.717, 1.165) is 11.7 Å². The third-order valence-electron chi connectivity index (χ3n) is 2.78. The molecule has 0 saturated heterocycles. The van der Waals surface area contributed by atoms with Crippen molar-refractivity contribution in [2.24, 2.45) is 0 Å². The van der Waals surface area contributed by atoms with E-state index in [1.807, 2.05) is 37.3 Å². The molecule has 0 bridgehead atoms. The zero-order valence-electron chi connectivity index (χ0n) is 10.8. The Balaban J connectivity index is 2.26. The molecule has 0 heterocycles. The van der Waals surface area contributed by atoms with Crippen molar-refractivity contribution in [2.45, 2.75) is 52.1 Å². The van der Waals surface area contributed by atoms with Crippen LogP contribution in [0.5, 0.6) is 0 Å². The molecule has 0 radical (unpaired) electrons. The molecule has 17 heavy (non-hydrogen) atoms. The normalized spacial score (nSPS) is 14.5. The summed E-state index contributed by atoms with van der Waals surface area (Å²) < 4.78 is 17.5. The number of rotatable bonds is 8. The zero-order valence-corrected chi connectivity index (χ0v) is 11.8. The van der Waals surface area contributed by atoms with Crippen molar-refractivity contribution in [3.63, 3.8) is 0 Å². The zero-order chi connectivity index (χ0) is 12.5. The Kier molecular flexibility index (Phi) is 7.23. The Bertz CT molecular complexity index is 324. The second kappa shape index (κ2) is 8.49. The average molecular weight is 254 g/mol. The lowest BCUT2D eigenvalue weighted by Crippen LogP contribution is -2.07. The highest BCUT2D eigenvalue weighted by Crippen LogP contribution is 2.25. The van der Waals surface area contributed by atoms with Crippen molar-refractivity contribution in [3.05, 3.63) is 30.3 Å². The quantitative estimate of drug-likeness (QED) is 0.514. The molecule has 2 atom stereocenters. The summed E-state index contributed by atoms with van der Waals surface area (Å²) in [4.78, 5) is 0. The van der Waals surface area contributed by atoms with Gasteiger partial charge in [-0.05, 0) is 25.5 Å². The number of unbranched alkanes of at least 4 members (excludes halogenated alkanes) is 3. The molecule has 0 N–H and O–H groups in total. The fraction of sp³-hybridized carbons (Fsp3) is 0.571. The number of hydrogen-bond acceptors (Lipinski definition) is 2. The van der Waals surface area contributed by atoms with E-state index < -0.39 is 8.03 Å². The van der Waals surface area contributed by atoms with Crippen LogP contribution in [0.2, 0.25) is 0 Å². The Hall–Kier alpha value is -0.590. The molecule has 2 unspecified atom stereocenters. The first kappa shape index (κ1) is 14.5. The van der Waals surface area contributed by atoms with Gasteiger partial charge in [0.2, 0.25) is 8.03 Å². The topological polar surface area (TPSA) is 26.3 Å². The van der Waals surface area contributed by atoms with Crippen molar-refractivity contribution in [3.8, 4) is 0 Å². The SMILES string of the molecule is CCCCCCC(C)O[PH](=O)c1ccccc1. The van der Waals surface area contributed by atoms with Crippen LogP contribution in [0.1, 0.15) is 46.0 Å². The first-order valence-corrected chi connectivity index (χ1v) is 7.81. The van der Waals surface area contributed by atoms with Gasteiger partial charge in [-0.15, -0.1) is 0 Å². The lowest BCUT2D eigenvalue weighted by atomic mass is 10.1. The number of benzene rings is 1. The maximum Gasteiger partial charge on any atom is 0.220 e. The molecule has 0 aromatic heterocycles. The van der Waals surface area contributed by atoms with E-state index in [1.54, 1.807) is 0 Å². The molecule has 0 aliphatic carbocycles. The van der Waals surface area contributed by atoms with Gasteiger partial charge in [-0.3, -0.25) is 4.57 Å². The fourth-order valence-corrected chi connectivity index (χ4v) is 2.83. The smallest absolute Gasteiger partial charge is 0.220 e. The highest BCUT2D eigenvalue weighted by Gasteiger charge is 2.08. The van der Waals surface area contributed by atoms with Crippen LogP contribution in [0.25, 0.3) is 0 Å². The summed E-state index contributed by atoms with van der Waals surface area (Å²) in [5.41, 5.74) is 0. The molecule has 1 rings (SSSR count). The molecule has 1 aromatic carbocycles. The van der Waals surface area contributed by atoms with Gasteiger partial charge in [0.1, 0.15) is 0 Å². The predicted molar refractivity (Wildman–Crippen MR) is 74.4 cm³/mol. The predicted octanol–water partition coefficient (Wildman–Crippen LogP) is 4.16. The molecule has 0 aliphatic heterocycles. The van der Waals surface area contributed by atoms with Crippen LogP contribution in [-0.4, -0.2) is 6.10 Å². The Morgan fingerprint density at radius 2 is 1.88 bits per heavy atom. The minimum absolute atomic E-state index is 0.0958. The second-order valence-corrected chi connectivity index (χ2v) is 5.82. The van der Waals surface area contributed by atoms with Crippen molar-refractivity contribution in [2.75, 3.05) is 0 Å². The summed E-state index contributed by atoms with van der Waals surface area (Å²) >= 11 is 0. The molecule has 0 amide bonds. The van der Waals surface area contributed by atoms with Gasteiger partial charge >= 0.3 is 0 Å². The van der Waals surface area contributed by atoms with Crippen LogP contribution < -0.4 is 5.30 Å². The average Bonchev–Trinajstić information content (AvgIpc) is 2.36. The Morgan fingerprint density at radius 3 is 2.53 bits per heavy atom. The maximum atomic E-state index is 11.9. The minimum atomic E-state index is -2.06. The second-order valence-electron chi connectivity index (χ2n) is 4.43. The van der Waals surface area contributed by atoms with Crippen LogP contribution in [0.15, 0.2) is 30.3 Å². The molecule has 1 aromatic rings. The first-order chi connectivity index (χ1) is 8.24. The summed E-state index contributed by atoms with van der Waals surface area (Å²) in [6.07, 6.45) is 6.04. The number of hydrogen-bond donors (Lipinski definition) is 0. The molecule has 0 spiro atoms. The highest BCUT2D eigenvalue weighted by molar-refractivity contribution is 7.48. The minimum Gasteiger partial charge on any atom is -0.324 e. The van der Waals surface area contributed by atoms with E-state index in [9.17, 15) is 4.57 Å². The van der Waals surface area contributed by atoms with E-state index >= 15 is 0 Å². The van der Waals surface area contributed by atoms with Crippen molar-refractivity contribution < 1.29 is 9.09 Å². The Morgan fingerprint density at radius 1 is 1.18 bits per heavy atom. The summed E-state index contributed by atoms with van der Waals surface area (Å²) in [5.74, 6) is 0. The van der Waals surface area contributed by atoms with Crippen molar-refractivity contribution in [1.82, 2.24) is 0 Å². The summed E-state index contributed by atoms with van der Waals surface area (Å²) in [6.45, 7) is 4.21. The van der Waals surface area contributed by atoms with Crippen molar-refractivity contribution >= 4 is 13.3 Å². The standard InChI is InChI=1S/C14H23O2P/c1-3-4-5-7-10-13(2)16-17(15)14-11-8-6-9-12-14/h6,8-9,11-13,17H,3-5,7,10H2,1-2H3. The largest absolute Gasteiger partial charge is 0.324 e. The van der Waals surface area contributed by atoms with Gasteiger partial charge in [-0.2, -0.15) is 0 Å². The summed E-state index contributed by atoms with van der Waals surface area (Å²) in [5, 5.41) is 0.818. The van der Waals surface area contributed by atoms with E-state index in [2.05, 4.69) is 6.92 Å². The van der Waals surface area contributed by atoms with E-state index in [1.165, 1.54) is 25.7 Å². The lowest BCUT2D eigenvalue weighted by molar-refractivity contribution is 0.223. The van der Waals surface area contributed by atoms with Gasteiger partial charge in [0.15, 0.2) is 0 Å². The van der Waals surface area contributed by atoms with E-state index in [-0.39, 0.29) is 6.10 Å². The molecule has 0 fully saturated rings. The first-order valence-electron chi connectivity index (χ1n) is 6.50. The van der Waals surface area contributed by atoms with E-state index in [4.69, 9.17) is 4.52 Å². The summed E-state index contributed by atoms with van der Waals surface area (Å²) in [7, 11) is -2.06. The maximum absolute atomic E-state index is 11.9. The van der Waals surface area contributed by atoms with Crippen LogP contribution >= 0.6 is 8.03 Å². The fourth-order valence-electron chi connectivity index (χ4n) is 1.74. The highest BCUT2D eigenvalue weighted by atomic mass is 31.1. The molecule has 0 saturated carbocycles.